The van der Waals surface area contributed by atoms with Crippen LogP contribution < -0.4 is 27.1 Å². The zero-order chi connectivity index (χ0) is 14.5. The van der Waals surface area contributed by atoms with Crippen molar-refractivity contribution in [1.82, 2.24) is 9.97 Å². The second kappa shape index (κ2) is 6.07. The molecule has 0 aliphatic rings. The molecule has 7 heteroatoms. The fraction of sp³-hybridized carbons (Fsp3) is 0.231. The Morgan fingerprint density at radius 3 is 2.40 bits per heavy atom. The lowest BCUT2D eigenvalue weighted by atomic mass is 10.1. The number of hydrogen-bond acceptors (Lipinski definition) is 7. The summed E-state index contributed by atoms with van der Waals surface area (Å²) in [6, 6.07) is 9.55. The van der Waals surface area contributed by atoms with Crippen molar-refractivity contribution in [3.63, 3.8) is 0 Å². The number of nitrogens with one attached hydrogen (secondary N) is 2. The number of ether oxygens (including phenoxy) is 1. The first-order chi connectivity index (χ1) is 9.62. The van der Waals surface area contributed by atoms with E-state index in [0.29, 0.717) is 11.6 Å². The average molecular weight is 274 g/mol. The molecule has 0 amide bonds. The summed E-state index contributed by atoms with van der Waals surface area (Å²) in [5, 5.41) is 3.24. The number of anilines is 3. The van der Waals surface area contributed by atoms with Gasteiger partial charge in [0.1, 0.15) is 17.4 Å². The number of nitrogens with two attached hydrogens (primary N) is 2. The lowest BCUT2D eigenvalue weighted by molar-refractivity contribution is 0.414. The van der Waals surface area contributed by atoms with Crippen molar-refractivity contribution in [3.8, 4) is 5.75 Å². The molecule has 0 aliphatic carbocycles. The first-order valence-corrected chi connectivity index (χ1v) is 6.14. The predicted molar refractivity (Wildman–Crippen MR) is 79.3 cm³/mol. The molecule has 6 N–H and O–H groups in total. The van der Waals surface area contributed by atoms with E-state index < -0.39 is 0 Å². The molecule has 1 aromatic carbocycles. The molecule has 106 valence electrons. The fourth-order valence-electron chi connectivity index (χ4n) is 1.81. The van der Waals surface area contributed by atoms with Crippen LogP contribution >= 0.6 is 0 Å². The third-order valence-electron chi connectivity index (χ3n) is 2.87. The summed E-state index contributed by atoms with van der Waals surface area (Å²) in [7, 11) is 1.64. The van der Waals surface area contributed by atoms with Crippen LogP contribution in [0, 0.1) is 0 Å². The Morgan fingerprint density at radius 2 is 1.80 bits per heavy atom. The molecular formula is C13H18N6O. The lowest BCUT2D eigenvalue weighted by Crippen LogP contribution is -2.13. The number of nitrogens with zero attached hydrogens (tertiary/aromatic N) is 2. The van der Waals surface area contributed by atoms with Gasteiger partial charge in [-0.05, 0) is 24.6 Å². The number of rotatable bonds is 5. The van der Waals surface area contributed by atoms with Crippen molar-refractivity contribution in [2.45, 2.75) is 13.0 Å². The van der Waals surface area contributed by atoms with E-state index in [0.717, 1.165) is 11.3 Å². The molecule has 0 bridgehead atoms. The van der Waals surface area contributed by atoms with Crippen LogP contribution in [0.3, 0.4) is 0 Å². The van der Waals surface area contributed by atoms with Crippen LogP contribution in [0.5, 0.6) is 5.75 Å². The lowest BCUT2D eigenvalue weighted by Gasteiger charge is -2.16. The number of methoxy groups -OCH3 is 1. The van der Waals surface area contributed by atoms with E-state index in [2.05, 4.69) is 20.7 Å². The molecule has 0 radical (unpaired) electrons. The molecule has 1 unspecified atom stereocenters. The summed E-state index contributed by atoms with van der Waals surface area (Å²) in [6.45, 7) is 2.02. The highest BCUT2D eigenvalue weighted by atomic mass is 16.5. The number of nitrogen functional groups attached to an aromatic ring is 2. The van der Waals surface area contributed by atoms with Crippen molar-refractivity contribution in [2.24, 2.45) is 5.84 Å². The molecule has 20 heavy (non-hydrogen) atoms. The van der Waals surface area contributed by atoms with E-state index in [1.165, 1.54) is 0 Å². The first-order valence-electron chi connectivity index (χ1n) is 6.14. The highest BCUT2D eigenvalue weighted by Gasteiger charge is 2.08. The second-order valence-electron chi connectivity index (χ2n) is 4.28. The third-order valence-corrected chi connectivity index (χ3v) is 2.87. The zero-order valence-corrected chi connectivity index (χ0v) is 11.4. The quantitative estimate of drug-likeness (QED) is 0.483. The van der Waals surface area contributed by atoms with Gasteiger partial charge in [0.2, 0.25) is 5.95 Å². The van der Waals surface area contributed by atoms with E-state index in [1.54, 1.807) is 13.2 Å². The van der Waals surface area contributed by atoms with Gasteiger partial charge in [-0.25, -0.2) is 5.84 Å². The molecule has 2 aromatic rings. The highest BCUT2D eigenvalue weighted by Crippen LogP contribution is 2.22. The molecule has 0 spiro atoms. The van der Waals surface area contributed by atoms with Gasteiger partial charge in [-0.1, -0.05) is 12.1 Å². The van der Waals surface area contributed by atoms with Crippen LogP contribution in [0.25, 0.3) is 0 Å². The predicted octanol–water partition coefficient (Wildman–Crippen LogP) is 1.53. The van der Waals surface area contributed by atoms with Crippen molar-refractivity contribution in [1.29, 1.82) is 0 Å². The third kappa shape index (κ3) is 3.27. The average Bonchev–Trinajstić information content (AvgIpc) is 2.46. The van der Waals surface area contributed by atoms with Gasteiger partial charge in [-0.15, -0.1) is 0 Å². The molecule has 1 atom stereocenters. The van der Waals surface area contributed by atoms with E-state index in [9.17, 15) is 0 Å². The van der Waals surface area contributed by atoms with Crippen molar-refractivity contribution in [2.75, 3.05) is 23.6 Å². The van der Waals surface area contributed by atoms with E-state index in [1.807, 2.05) is 31.2 Å². The summed E-state index contributed by atoms with van der Waals surface area (Å²) in [5.74, 6) is 7.37. The monoisotopic (exact) mass is 274 g/mol. The maximum absolute atomic E-state index is 5.61. The summed E-state index contributed by atoms with van der Waals surface area (Å²) in [5.41, 5.74) is 9.16. The number of benzene rings is 1. The normalized spacial score (nSPS) is 11.8. The van der Waals surface area contributed by atoms with Gasteiger partial charge in [0, 0.05) is 12.1 Å². The molecule has 0 saturated heterocycles. The maximum atomic E-state index is 5.61. The summed E-state index contributed by atoms with van der Waals surface area (Å²) < 4.78 is 5.13. The molecule has 0 saturated carbocycles. The van der Waals surface area contributed by atoms with Crippen molar-refractivity contribution >= 4 is 17.6 Å². The summed E-state index contributed by atoms with van der Waals surface area (Å²) in [6.07, 6.45) is 0. The Morgan fingerprint density at radius 1 is 1.15 bits per heavy atom. The van der Waals surface area contributed by atoms with Crippen molar-refractivity contribution in [3.05, 3.63) is 35.9 Å². The van der Waals surface area contributed by atoms with Crippen LogP contribution in [0.1, 0.15) is 18.5 Å². The minimum atomic E-state index is 0.0563. The largest absolute Gasteiger partial charge is 0.497 e. The second-order valence-corrected chi connectivity index (χ2v) is 4.28. The van der Waals surface area contributed by atoms with Crippen LogP contribution in [0.4, 0.5) is 17.6 Å². The Hall–Kier alpha value is -2.54. The van der Waals surface area contributed by atoms with E-state index in [-0.39, 0.29) is 12.0 Å². The number of aromatic nitrogens is 2. The first kappa shape index (κ1) is 13.9. The highest BCUT2D eigenvalue weighted by molar-refractivity contribution is 5.51. The van der Waals surface area contributed by atoms with Crippen LogP contribution in [-0.2, 0) is 0 Å². The zero-order valence-electron chi connectivity index (χ0n) is 11.4. The Balaban J connectivity index is 2.13. The molecule has 2 rings (SSSR count). The minimum absolute atomic E-state index is 0.0563. The SMILES string of the molecule is COc1ccc(C(C)Nc2cc(NN)nc(N)n2)cc1. The Bertz CT molecular complexity index is 572. The van der Waals surface area contributed by atoms with Gasteiger partial charge >= 0.3 is 0 Å². The van der Waals surface area contributed by atoms with Crippen LogP contribution in [-0.4, -0.2) is 17.1 Å². The van der Waals surface area contributed by atoms with Gasteiger partial charge in [-0.2, -0.15) is 9.97 Å². The van der Waals surface area contributed by atoms with Gasteiger partial charge in [0.25, 0.3) is 0 Å². The molecule has 1 aromatic heterocycles. The molecular weight excluding hydrogens is 256 g/mol. The number of hydrazine groups is 1. The van der Waals surface area contributed by atoms with Gasteiger partial charge in [0.15, 0.2) is 0 Å². The summed E-state index contributed by atoms with van der Waals surface area (Å²) >= 11 is 0. The molecule has 7 nitrogen and oxygen atoms in total. The van der Waals surface area contributed by atoms with Crippen LogP contribution in [0.15, 0.2) is 30.3 Å². The number of hydrogen-bond donors (Lipinski definition) is 4. The van der Waals surface area contributed by atoms with Gasteiger partial charge < -0.3 is 21.2 Å². The summed E-state index contributed by atoms with van der Waals surface area (Å²) in [4.78, 5) is 8.05. The standard InChI is InChI=1S/C13H18N6O/c1-8(9-3-5-10(20-2)6-4-9)16-11-7-12(19-15)18-13(14)17-11/h3-8H,15H2,1-2H3,(H4,14,16,17,18,19). The fourth-order valence-corrected chi connectivity index (χ4v) is 1.81. The minimum Gasteiger partial charge on any atom is -0.497 e. The topological polar surface area (TPSA) is 111 Å². The Labute approximate surface area is 117 Å². The van der Waals surface area contributed by atoms with E-state index >= 15 is 0 Å². The van der Waals surface area contributed by atoms with E-state index in [4.69, 9.17) is 16.3 Å². The Kier molecular flexibility index (Phi) is 4.21. The van der Waals surface area contributed by atoms with Gasteiger partial charge in [-0.3, -0.25) is 0 Å². The molecule has 1 heterocycles. The molecule has 0 fully saturated rings. The maximum Gasteiger partial charge on any atom is 0.223 e. The molecule has 0 aliphatic heterocycles. The smallest absolute Gasteiger partial charge is 0.223 e. The van der Waals surface area contributed by atoms with Crippen molar-refractivity contribution < 1.29 is 4.74 Å². The van der Waals surface area contributed by atoms with Gasteiger partial charge in [0.05, 0.1) is 7.11 Å². The van der Waals surface area contributed by atoms with Crippen LogP contribution in [0.2, 0.25) is 0 Å².